The van der Waals surface area contributed by atoms with Gasteiger partial charge in [-0.05, 0) is 17.5 Å². The largest absolute Gasteiger partial charge is 0.480 e. The molecule has 196 valence electrons. The second-order valence-electron chi connectivity index (χ2n) is 8.71. The van der Waals surface area contributed by atoms with Gasteiger partial charge in [0.2, 0.25) is 23.6 Å². The van der Waals surface area contributed by atoms with Crippen LogP contribution in [0.15, 0.2) is 30.5 Å². The molecule has 0 radical (unpaired) electrons. The van der Waals surface area contributed by atoms with Gasteiger partial charge in [-0.25, -0.2) is 4.79 Å². The fourth-order valence-corrected chi connectivity index (χ4v) is 3.71. The number of para-hydroxylation sites is 1. The van der Waals surface area contributed by atoms with Crippen molar-refractivity contribution >= 4 is 53.1 Å². The number of hydrogen-bond donors (Lipinski definition) is 8. The Kier molecular flexibility index (Phi) is 10.3. The first kappa shape index (κ1) is 28.7. The SMILES string of the molecule is CC(C)C(NC(=O)C(CC(N)=O)NC(=O)C(N)CS)C(=O)NC(Cc1c[nH]c2ccccc12)C(=O)O. The van der Waals surface area contributed by atoms with Gasteiger partial charge in [-0.3, -0.25) is 19.2 Å². The minimum Gasteiger partial charge on any atom is -0.480 e. The van der Waals surface area contributed by atoms with Crippen LogP contribution in [0.1, 0.15) is 25.8 Å². The number of primary amides is 1. The first-order valence-corrected chi connectivity index (χ1v) is 11.9. The van der Waals surface area contributed by atoms with E-state index in [0.717, 1.165) is 10.9 Å². The summed E-state index contributed by atoms with van der Waals surface area (Å²) in [6.07, 6.45) is 1.16. The minimum atomic E-state index is -1.38. The van der Waals surface area contributed by atoms with E-state index in [9.17, 15) is 29.1 Å². The van der Waals surface area contributed by atoms with Crippen LogP contribution in [0.5, 0.6) is 0 Å². The number of aromatic nitrogens is 1. The molecule has 0 spiro atoms. The van der Waals surface area contributed by atoms with E-state index in [1.807, 2.05) is 24.3 Å². The molecule has 0 saturated heterocycles. The molecule has 0 aliphatic rings. The maximum absolute atomic E-state index is 13.0. The Balaban J connectivity index is 2.16. The molecule has 13 heteroatoms. The molecule has 2 rings (SSSR count). The number of amides is 4. The number of carbonyl (C=O) groups excluding carboxylic acids is 4. The molecule has 0 aliphatic heterocycles. The number of thiol groups is 1. The van der Waals surface area contributed by atoms with Crippen LogP contribution >= 0.6 is 12.6 Å². The second-order valence-corrected chi connectivity index (χ2v) is 9.08. The van der Waals surface area contributed by atoms with Crippen molar-refractivity contribution in [1.82, 2.24) is 20.9 Å². The number of nitrogens with one attached hydrogen (secondary N) is 4. The number of carboxylic acid groups (broad SMARTS) is 1. The Morgan fingerprint density at radius 1 is 1.00 bits per heavy atom. The highest BCUT2D eigenvalue weighted by molar-refractivity contribution is 7.80. The van der Waals surface area contributed by atoms with E-state index in [0.29, 0.717) is 5.56 Å². The number of aromatic amines is 1. The zero-order chi connectivity index (χ0) is 27.0. The third kappa shape index (κ3) is 7.71. The van der Waals surface area contributed by atoms with Gasteiger partial charge in [0, 0.05) is 29.3 Å². The Bertz CT molecular complexity index is 1120. The summed E-state index contributed by atoms with van der Waals surface area (Å²) in [4.78, 5) is 64.5. The third-order valence-corrected chi connectivity index (χ3v) is 5.93. The quantitative estimate of drug-likeness (QED) is 0.155. The van der Waals surface area contributed by atoms with Crippen LogP contribution < -0.4 is 27.4 Å². The number of carbonyl (C=O) groups is 5. The number of fused-ring (bicyclic) bond motifs is 1. The average Bonchev–Trinajstić information content (AvgIpc) is 3.22. The Labute approximate surface area is 213 Å². The van der Waals surface area contributed by atoms with Crippen molar-refractivity contribution in [2.75, 3.05) is 5.75 Å². The summed E-state index contributed by atoms with van der Waals surface area (Å²) in [7, 11) is 0. The number of nitrogens with two attached hydrogens (primary N) is 2. The van der Waals surface area contributed by atoms with Crippen LogP contribution in [0.4, 0.5) is 0 Å². The van der Waals surface area contributed by atoms with Crippen molar-refractivity contribution in [2.45, 2.75) is 50.9 Å². The van der Waals surface area contributed by atoms with Gasteiger partial charge in [0.05, 0.1) is 12.5 Å². The lowest BCUT2D eigenvalue weighted by Gasteiger charge is -2.26. The molecule has 1 aromatic carbocycles. The number of hydrogen-bond acceptors (Lipinski definition) is 7. The summed E-state index contributed by atoms with van der Waals surface area (Å²) >= 11 is 3.93. The molecule has 0 fully saturated rings. The van der Waals surface area contributed by atoms with Gasteiger partial charge in [-0.15, -0.1) is 0 Å². The van der Waals surface area contributed by atoms with Gasteiger partial charge in [0.25, 0.3) is 0 Å². The first-order valence-electron chi connectivity index (χ1n) is 11.3. The van der Waals surface area contributed by atoms with Gasteiger partial charge in [-0.1, -0.05) is 32.0 Å². The number of benzene rings is 1. The predicted molar refractivity (Wildman–Crippen MR) is 136 cm³/mol. The summed E-state index contributed by atoms with van der Waals surface area (Å²) in [5, 5.41) is 17.9. The summed E-state index contributed by atoms with van der Waals surface area (Å²) in [5.74, 6) is -4.86. The smallest absolute Gasteiger partial charge is 0.326 e. The number of H-pyrrole nitrogens is 1. The predicted octanol–water partition coefficient (Wildman–Crippen LogP) is -0.962. The second kappa shape index (κ2) is 12.9. The van der Waals surface area contributed by atoms with E-state index in [4.69, 9.17) is 11.5 Å². The lowest BCUT2D eigenvalue weighted by molar-refractivity contribution is -0.142. The molecule has 9 N–H and O–H groups in total. The van der Waals surface area contributed by atoms with Crippen molar-refractivity contribution in [3.63, 3.8) is 0 Å². The fraction of sp³-hybridized carbons (Fsp3) is 0.435. The molecule has 4 unspecified atom stereocenters. The average molecular weight is 521 g/mol. The first-order chi connectivity index (χ1) is 16.9. The van der Waals surface area contributed by atoms with Crippen molar-refractivity contribution in [1.29, 1.82) is 0 Å². The van der Waals surface area contributed by atoms with Crippen LogP contribution in [0, 0.1) is 5.92 Å². The molecule has 0 bridgehead atoms. The molecule has 12 nitrogen and oxygen atoms in total. The third-order valence-electron chi connectivity index (χ3n) is 5.53. The fourth-order valence-electron chi connectivity index (χ4n) is 3.54. The van der Waals surface area contributed by atoms with E-state index in [2.05, 4.69) is 33.6 Å². The number of carboxylic acids is 1. The topological polar surface area (TPSA) is 209 Å². The Morgan fingerprint density at radius 2 is 1.64 bits per heavy atom. The highest BCUT2D eigenvalue weighted by Gasteiger charge is 2.32. The highest BCUT2D eigenvalue weighted by Crippen LogP contribution is 2.19. The standard InChI is InChI=1S/C23H32N6O6S/c1-11(2)19(29-21(32)16(8-18(25)30)27-20(31)14(24)10-36)22(33)28-17(23(34)35)7-12-9-26-15-6-4-3-5-13(12)15/h3-6,9,11,14,16-17,19,26,36H,7-8,10,24H2,1-2H3,(H2,25,30)(H,27,31)(H,28,33)(H,29,32)(H,34,35). The monoisotopic (exact) mass is 520 g/mol. The molecule has 0 aliphatic carbocycles. The highest BCUT2D eigenvalue weighted by atomic mass is 32.1. The summed E-state index contributed by atoms with van der Waals surface area (Å²) < 4.78 is 0. The maximum Gasteiger partial charge on any atom is 0.326 e. The zero-order valence-corrected chi connectivity index (χ0v) is 20.9. The molecular formula is C23H32N6O6S. The zero-order valence-electron chi connectivity index (χ0n) is 20.0. The minimum absolute atomic E-state index is 0.000769. The number of rotatable bonds is 13. The van der Waals surface area contributed by atoms with Crippen LogP contribution in [0.3, 0.4) is 0 Å². The molecule has 0 saturated carbocycles. The lowest BCUT2D eigenvalue weighted by atomic mass is 10.0. The van der Waals surface area contributed by atoms with Crippen molar-refractivity contribution < 1.29 is 29.1 Å². The van der Waals surface area contributed by atoms with Crippen LogP contribution in [-0.2, 0) is 30.4 Å². The van der Waals surface area contributed by atoms with Gasteiger partial charge in [0.1, 0.15) is 18.1 Å². The maximum atomic E-state index is 13.0. The van der Waals surface area contributed by atoms with E-state index in [1.165, 1.54) is 0 Å². The molecule has 1 heterocycles. The van der Waals surface area contributed by atoms with Gasteiger partial charge < -0.3 is 37.5 Å². The van der Waals surface area contributed by atoms with Crippen LogP contribution in [-0.4, -0.2) is 69.6 Å². The Hall–Kier alpha value is -3.58. The molecule has 2 aromatic rings. The van der Waals surface area contributed by atoms with Gasteiger partial charge >= 0.3 is 5.97 Å². The van der Waals surface area contributed by atoms with Gasteiger partial charge in [0.15, 0.2) is 0 Å². The van der Waals surface area contributed by atoms with Crippen molar-refractivity contribution in [2.24, 2.45) is 17.4 Å². The normalized spacial score (nSPS) is 14.5. The van der Waals surface area contributed by atoms with Crippen molar-refractivity contribution in [3.8, 4) is 0 Å². The number of aliphatic carboxylic acids is 1. The molecule has 36 heavy (non-hydrogen) atoms. The van der Waals surface area contributed by atoms with E-state index >= 15 is 0 Å². The lowest BCUT2D eigenvalue weighted by Crippen LogP contribution is -2.59. The van der Waals surface area contributed by atoms with E-state index in [-0.39, 0.29) is 12.2 Å². The van der Waals surface area contributed by atoms with E-state index < -0.39 is 66.1 Å². The summed E-state index contributed by atoms with van der Waals surface area (Å²) in [5.41, 5.74) is 12.3. The summed E-state index contributed by atoms with van der Waals surface area (Å²) in [6.45, 7) is 3.30. The molecule has 4 amide bonds. The molecule has 4 atom stereocenters. The summed E-state index contributed by atoms with van der Waals surface area (Å²) in [6, 6.07) is 2.52. The van der Waals surface area contributed by atoms with Crippen LogP contribution in [0.25, 0.3) is 10.9 Å². The van der Waals surface area contributed by atoms with Gasteiger partial charge in [-0.2, -0.15) is 12.6 Å². The van der Waals surface area contributed by atoms with Crippen molar-refractivity contribution in [3.05, 3.63) is 36.0 Å². The van der Waals surface area contributed by atoms with Crippen LogP contribution in [0.2, 0.25) is 0 Å². The molecular weight excluding hydrogens is 488 g/mol. The molecule has 1 aromatic heterocycles. The van der Waals surface area contributed by atoms with E-state index in [1.54, 1.807) is 20.0 Å². The Morgan fingerprint density at radius 3 is 2.22 bits per heavy atom.